The Hall–Kier alpha value is -0.610. The van der Waals surface area contributed by atoms with Crippen molar-refractivity contribution in [2.45, 2.75) is 63.6 Å². The van der Waals surface area contributed by atoms with Crippen molar-refractivity contribution in [3.05, 3.63) is 0 Å². The Morgan fingerprint density at radius 2 is 2.29 bits per heavy atom. The van der Waals surface area contributed by atoms with Gasteiger partial charge in [0.15, 0.2) is 0 Å². The number of ether oxygens (including phenoxy) is 1. The Balaban J connectivity index is 1.80. The molecular weight excluding hydrogens is 216 g/mol. The number of rotatable bonds is 4. The van der Waals surface area contributed by atoms with Gasteiger partial charge in [-0.05, 0) is 46.0 Å². The van der Waals surface area contributed by atoms with Crippen LogP contribution in [0.2, 0.25) is 0 Å². The minimum atomic E-state index is -0.102. The minimum Gasteiger partial charge on any atom is -0.375 e. The third-order valence-corrected chi connectivity index (χ3v) is 3.99. The molecule has 4 heteroatoms. The summed E-state index contributed by atoms with van der Waals surface area (Å²) in [6, 6.07) is 0.330. The van der Waals surface area contributed by atoms with E-state index < -0.39 is 0 Å². The molecule has 0 aromatic carbocycles. The molecule has 0 aromatic heterocycles. The van der Waals surface area contributed by atoms with Gasteiger partial charge < -0.3 is 15.4 Å². The Kier molecular flexibility index (Phi) is 4.05. The molecule has 1 aliphatic carbocycles. The second-order valence-corrected chi connectivity index (χ2v) is 5.36. The largest absolute Gasteiger partial charge is 0.375 e. The van der Waals surface area contributed by atoms with Crippen molar-refractivity contribution in [1.29, 1.82) is 0 Å². The maximum absolute atomic E-state index is 11.7. The van der Waals surface area contributed by atoms with Gasteiger partial charge in [0.05, 0.1) is 11.6 Å². The number of carbonyl (C=O) groups is 1. The SMILES string of the molecule is CCNC(=O)C(C)NC1CCOC2(CCC2)C1. The fraction of sp³-hybridized carbons (Fsp3) is 0.923. The molecule has 1 aliphatic heterocycles. The van der Waals surface area contributed by atoms with E-state index in [9.17, 15) is 4.79 Å². The van der Waals surface area contributed by atoms with E-state index in [0.29, 0.717) is 12.6 Å². The van der Waals surface area contributed by atoms with E-state index in [-0.39, 0.29) is 17.6 Å². The van der Waals surface area contributed by atoms with Crippen molar-refractivity contribution < 1.29 is 9.53 Å². The van der Waals surface area contributed by atoms with Crippen LogP contribution in [-0.4, -0.2) is 36.7 Å². The molecule has 2 atom stereocenters. The van der Waals surface area contributed by atoms with Crippen LogP contribution in [0.1, 0.15) is 46.0 Å². The summed E-state index contributed by atoms with van der Waals surface area (Å²) in [5.41, 5.74) is 0.150. The number of carbonyl (C=O) groups excluding carboxylic acids is 1. The van der Waals surface area contributed by atoms with Crippen molar-refractivity contribution in [2.24, 2.45) is 0 Å². The molecule has 1 spiro atoms. The van der Waals surface area contributed by atoms with Gasteiger partial charge in [0.2, 0.25) is 5.91 Å². The van der Waals surface area contributed by atoms with Gasteiger partial charge in [0.25, 0.3) is 0 Å². The fourth-order valence-corrected chi connectivity index (χ4v) is 2.85. The quantitative estimate of drug-likeness (QED) is 0.776. The summed E-state index contributed by atoms with van der Waals surface area (Å²) in [4.78, 5) is 11.7. The number of likely N-dealkylation sites (N-methyl/N-ethyl adjacent to an activating group) is 1. The third kappa shape index (κ3) is 2.99. The average molecular weight is 240 g/mol. The molecule has 2 fully saturated rings. The van der Waals surface area contributed by atoms with Crippen LogP contribution in [0.25, 0.3) is 0 Å². The van der Waals surface area contributed by atoms with Crippen molar-refractivity contribution in [2.75, 3.05) is 13.2 Å². The van der Waals surface area contributed by atoms with Crippen LogP contribution in [0, 0.1) is 0 Å². The zero-order valence-corrected chi connectivity index (χ0v) is 10.9. The van der Waals surface area contributed by atoms with Gasteiger partial charge in [-0.1, -0.05) is 0 Å². The van der Waals surface area contributed by atoms with Crippen LogP contribution in [-0.2, 0) is 9.53 Å². The first-order valence-electron chi connectivity index (χ1n) is 6.83. The third-order valence-electron chi connectivity index (χ3n) is 3.99. The van der Waals surface area contributed by atoms with Crippen molar-refractivity contribution in [1.82, 2.24) is 10.6 Å². The van der Waals surface area contributed by atoms with E-state index in [1.54, 1.807) is 0 Å². The molecule has 1 saturated carbocycles. The second kappa shape index (κ2) is 5.36. The molecule has 0 radical (unpaired) electrons. The Labute approximate surface area is 103 Å². The van der Waals surface area contributed by atoms with E-state index in [0.717, 1.165) is 19.4 Å². The molecular formula is C13H24N2O2. The molecule has 1 saturated heterocycles. The van der Waals surface area contributed by atoms with Crippen LogP contribution in [0.15, 0.2) is 0 Å². The lowest BCUT2D eigenvalue weighted by Crippen LogP contribution is -2.54. The normalized spacial score (nSPS) is 28.5. The van der Waals surface area contributed by atoms with Gasteiger partial charge >= 0.3 is 0 Å². The predicted octanol–water partition coefficient (Wildman–Crippen LogP) is 1.20. The Bertz CT molecular complexity index is 277. The number of nitrogens with one attached hydrogen (secondary N) is 2. The van der Waals surface area contributed by atoms with Crippen LogP contribution >= 0.6 is 0 Å². The average Bonchev–Trinajstić information content (AvgIpc) is 2.27. The Morgan fingerprint density at radius 3 is 2.88 bits per heavy atom. The smallest absolute Gasteiger partial charge is 0.236 e. The second-order valence-electron chi connectivity index (χ2n) is 5.36. The van der Waals surface area contributed by atoms with Gasteiger partial charge in [0.1, 0.15) is 0 Å². The highest BCUT2D eigenvalue weighted by Gasteiger charge is 2.42. The van der Waals surface area contributed by atoms with Crippen LogP contribution in [0.3, 0.4) is 0 Å². The molecule has 2 N–H and O–H groups in total. The van der Waals surface area contributed by atoms with Gasteiger partial charge in [-0.25, -0.2) is 0 Å². The van der Waals surface area contributed by atoms with E-state index in [1.807, 2.05) is 13.8 Å². The van der Waals surface area contributed by atoms with Gasteiger partial charge in [-0.3, -0.25) is 4.79 Å². The van der Waals surface area contributed by atoms with E-state index in [2.05, 4.69) is 10.6 Å². The number of hydrogen-bond donors (Lipinski definition) is 2. The monoisotopic (exact) mass is 240 g/mol. The highest BCUT2D eigenvalue weighted by molar-refractivity contribution is 5.81. The molecule has 4 nitrogen and oxygen atoms in total. The highest BCUT2D eigenvalue weighted by atomic mass is 16.5. The molecule has 2 unspecified atom stereocenters. The van der Waals surface area contributed by atoms with Crippen LogP contribution < -0.4 is 10.6 Å². The molecule has 1 amide bonds. The lowest BCUT2D eigenvalue weighted by molar-refractivity contribution is -0.138. The van der Waals surface area contributed by atoms with E-state index in [1.165, 1.54) is 19.3 Å². The summed E-state index contributed by atoms with van der Waals surface area (Å²) in [5, 5.41) is 6.29. The van der Waals surface area contributed by atoms with Gasteiger partial charge in [-0.15, -0.1) is 0 Å². The van der Waals surface area contributed by atoms with Gasteiger partial charge in [-0.2, -0.15) is 0 Å². The lowest BCUT2D eigenvalue weighted by Gasteiger charge is -2.47. The van der Waals surface area contributed by atoms with Gasteiger partial charge in [0, 0.05) is 19.2 Å². The Morgan fingerprint density at radius 1 is 1.53 bits per heavy atom. The summed E-state index contributed by atoms with van der Waals surface area (Å²) < 4.78 is 5.88. The molecule has 98 valence electrons. The predicted molar refractivity (Wildman–Crippen MR) is 66.8 cm³/mol. The molecule has 17 heavy (non-hydrogen) atoms. The van der Waals surface area contributed by atoms with E-state index >= 15 is 0 Å². The fourth-order valence-electron chi connectivity index (χ4n) is 2.85. The zero-order chi connectivity index (χ0) is 12.3. The number of amides is 1. The highest BCUT2D eigenvalue weighted by Crippen LogP contribution is 2.42. The minimum absolute atomic E-state index is 0.0988. The summed E-state index contributed by atoms with van der Waals surface area (Å²) in [6.45, 7) is 5.42. The molecule has 0 bridgehead atoms. The summed E-state index contributed by atoms with van der Waals surface area (Å²) >= 11 is 0. The zero-order valence-electron chi connectivity index (χ0n) is 10.9. The van der Waals surface area contributed by atoms with Crippen LogP contribution in [0.5, 0.6) is 0 Å². The molecule has 2 aliphatic rings. The maximum atomic E-state index is 11.7. The standard InChI is InChI=1S/C13H24N2O2/c1-3-14-12(16)10(2)15-11-5-8-17-13(9-11)6-4-7-13/h10-11,15H,3-9H2,1-2H3,(H,14,16). The molecule has 0 aromatic rings. The van der Waals surface area contributed by atoms with Crippen molar-refractivity contribution >= 4 is 5.91 Å². The first-order chi connectivity index (χ1) is 8.15. The van der Waals surface area contributed by atoms with Crippen LogP contribution in [0.4, 0.5) is 0 Å². The van der Waals surface area contributed by atoms with Crippen molar-refractivity contribution in [3.63, 3.8) is 0 Å². The van der Waals surface area contributed by atoms with Crippen molar-refractivity contribution in [3.8, 4) is 0 Å². The first-order valence-corrected chi connectivity index (χ1v) is 6.83. The first kappa shape index (κ1) is 12.8. The summed E-state index contributed by atoms with van der Waals surface area (Å²) in [7, 11) is 0. The summed E-state index contributed by atoms with van der Waals surface area (Å²) in [5.74, 6) is 0.0988. The lowest BCUT2D eigenvalue weighted by atomic mass is 9.74. The topological polar surface area (TPSA) is 50.4 Å². The molecule has 2 rings (SSSR count). The van der Waals surface area contributed by atoms with E-state index in [4.69, 9.17) is 4.74 Å². The number of hydrogen-bond acceptors (Lipinski definition) is 3. The maximum Gasteiger partial charge on any atom is 0.236 e. The molecule has 1 heterocycles. The summed E-state index contributed by atoms with van der Waals surface area (Å²) in [6.07, 6.45) is 5.77.